The van der Waals surface area contributed by atoms with Gasteiger partial charge in [0.05, 0.1) is 0 Å². The van der Waals surface area contributed by atoms with Crippen molar-refractivity contribution in [1.29, 1.82) is 0 Å². The molecule has 2 heteroatoms. The molecule has 2 fully saturated rings. The van der Waals surface area contributed by atoms with Crippen molar-refractivity contribution in [3.8, 4) is 0 Å². The lowest BCUT2D eigenvalue weighted by Gasteiger charge is -2.42. The number of fused-ring (bicyclic) bond motifs is 1. The van der Waals surface area contributed by atoms with E-state index in [0.717, 1.165) is 18.6 Å². The highest BCUT2D eigenvalue weighted by Crippen LogP contribution is 2.32. The summed E-state index contributed by atoms with van der Waals surface area (Å²) in [7, 11) is 0. The minimum Gasteiger partial charge on any atom is -0.311 e. The van der Waals surface area contributed by atoms with Gasteiger partial charge in [-0.3, -0.25) is 4.90 Å². The Kier molecular flexibility index (Phi) is 3.17. The summed E-state index contributed by atoms with van der Waals surface area (Å²) in [6.07, 6.45) is 4.12. The van der Waals surface area contributed by atoms with E-state index in [-0.39, 0.29) is 0 Å². The lowest BCUT2D eigenvalue weighted by atomic mass is 10.0. The summed E-state index contributed by atoms with van der Waals surface area (Å²) in [5, 5.41) is 3.68. The Morgan fingerprint density at radius 1 is 1.24 bits per heavy atom. The van der Waals surface area contributed by atoms with Gasteiger partial charge in [0, 0.05) is 31.2 Å². The van der Waals surface area contributed by atoms with E-state index in [1.807, 2.05) is 0 Å². The van der Waals surface area contributed by atoms with E-state index in [9.17, 15) is 0 Å². The van der Waals surface area contributed by atoms with Crippen LogP contribution in [0.15, 0.2) is 30.3 Å². The van der Waals surface area contributed by atoms with Crippen LogP contribution in [0.1, 0.15) is 37.8 Å². The number of hydrogen-bond donors (Lipinski definition) is 1. The van der Waals surface area contributed by atoms with Crippen LogP contribution in [0, 0.1) is 0 Å². The van der Waals surface area contributed by atoms with Gasteiger partial charge in [0.1, 0.15) is 0 Å². The molecule has 1 saturated carbocycles. The fourth-order valence-electron chi connectivity index (χ4n) is 3.52. The fraction of sp³-hybridized carbons (Fsp3) is 0.600. The predicted octanol–water partition coefficient (Wildman–Crippen LogP) is 2.57. The number of benzene rings is 1. The number of nitrogens with zero attached hydrogens (tertiary/aromatic N) is 1. The van der Waals surface area contributed by atoms with Gasteiger partial charge in [-0.15, -0.1) is 0 Å². The standard InChI is InChI=1S/C15H22N2/c1-12(13-6-3-2-4-7-13)17-11-10-16-14-8-5-9-15(14)17/h2-4,6-7,12,14-16H,5,8-11H2,1H3/t12-,14-,15+/m1/s1. The summed E-state index contributed by atoms with van der Waals surface area (Å²) >= 11 is 0. The van der Waals surface area contributed by atoms with Gasteiger partial charge in [0.25, 0.3) is 0 Å². The van der Waals surface area contributed by atoms with Gasteiger partial charge in [-0.05, 0) is 25.3 Å². The quantitative estimate of drug-likeness (QED) is 0.840. The highest BCUT2D eigenvalue weighted by atomic mass is 15.3. The number of hydrogen-bond acceptors (Lipinski definition) is 2. The third-order valence-electron chi connectivity index (χ3n) is 4.46. The number of nitrogens with one attached hydrogen (secondary N) is 1. The molecule has 1 aromatic rings. The molecule has 0 radical (unpaired) electrons. The zero-order valence-corrected chi connectivity index (χ0v) is 10.6. The summed E-state index contributed by atoms with van der Waals surface area (Å²) in [5.74, 6) is 0. The molecule has 17 heavy (non-hydrogen) atoms. The van der Waals surface area contributed by atoms with Crippen molar-refractivity contribution in [1.82, 2.24) is 10.2 Å². The van der Waals surface area contributed by atoms with E-state index in [4.69, 9.17) is 0 Å². The monoisotopic (exact) mass is 230 g/mol. The van der Waals surface area contributed by atoms with Crippen molar-refractivity contribution in [2.75, 3.05) is 13.1 Å². The second kappa shape index (κ2) is 4.79. The van der Waals surface area contributed by atoms with E-state index < -0.39 is 0 Å². The number of rotatable bonds is 2. The first-order chi connectivity index (χ1) is 8.36. The zero-order chi connectivity index (χ0) is 11.7. The van der Waals surface area contributed by atoms with Gasteiger partial charge in [-0.25, -0.2) is 0 Å². The van der Waals surface area contributed by atoms with Gasteiger partial charge in [0.15, 0.2) is 0 Å². The van der Waals surface area contributed by atoms with Gasteiger partial charge >= 0.3 is 0 Å². The van der Waals surface area contributed by atoms with Crippen LogP contribution in [0.4, 0.5) is 0 Å². The maximum atomic E-state index is 3.68. The first-order valence-electron chi connectivity index (χ1n) is 6.90. The summed E-state index contributed by atoms with van der Waals surface area (Å²) in [6.45, 7) is 4.70. The SMILES string of the molecule is C[C@H](c1ccccc1)N1CCN[C@@H]2CCC[C@@H]21. The van der Waals surface area contributed by atoms with Gasteiger partial charge in [-0.2, -0.15) is 0 Å². The topological polar surface area (TPSA) is 15.3 Å². The lowest BCUT2D eigenvalue weighted by Crippen LogP contribution is -2.55. The summed E-state index contributed by atoms with van der Waals surface area (Å²) in [5.41, 5.74) is 1.46. The highest BCUT2D eigenvalue weighted by Gasteiger charge is 2.36. The molecule has 1 heterocycles. The Labute approximate surface area is 104 Å². The second-order valence-corrected chi connectivity index (χ2v) is 5.38. The molecule has 1 N–H and O–H groups in total. The molecule has 1 aliphatic heterocycles. The van der Waals surface area contributed by atoms with Crippen molar-refractivity contribution in [2.24, 2.45) is 0 Å². The smallest absolute Gasteiger partial charge is 0.0324 e. The average molecular weight is 230 g/mol. The number of piperazine rings is 1. The molecule has 1 aromatic carbocycles. The van der Waals surface area contributed by atoms with Crippen LogP contribution in [0.5, 0.6) is 0 Å². The van der Waals surface area contributed by atoms with Crippen LogP contribution in [-0.4, -0.2) is 30.1 Å². The van der Waals surface area contributed by atoms with Crippen LogP contribution in [0.25, 0.3) is 0 Å². The van der Waals surface area contributed by atoms with Crippen molar-refractivity contribution in [2.45, 2.75) is 44.3 Å². The molecule has 2 nitrogen and oxygen atoms in total. The third kappa shape index (κ3) is 2.12. The summed E-state index contributed by atoms with van der Waals surface area (Å²) in [6, 6.07) is 13.0. The molecule has 1 saturated heterocycles. The Balaban J connectivity index is 1.79. The molecular formula is C15H22N2. The predicted molar refractivity (Wildman–Crippen MR) is 71.0 cm³/mol. The zero-order valence-electron chi connectivity index (χ0n) is 10.6. The molecule has 3 rings (SSSR count). The first kappa shape index (κ1) is 11.2. The maximum absolute atomic E-state index is 3.68. The average Bonchev–Trinajstić information content (AvgIpc) is 2.87. The Morgan fingerprint density at radius 2 is 2.06 bits per heavy atom. The van der Waals surface area contributed by atoms with Crippen LogP contribution in [0.2, 0.25) is 0 Å². The molecule has 0 amide bonds. The summed E-state index contributed by atoms with van der Waals surface area (Å²) in [4.78, 5) is 2.71. The van der Waals surface area contributed by atoms with E-state index in [1.165, 1.54) is 31.4 Å². The van der Waals surface area contributed by atoms with Crippen molar-refractivity contribution < 1.29 is 0 Å². The van der Waals surface area contributed by atoms with Crippen LogP contribution < -0.4 is 5.32 Å². The summed E-state index contributed by atoms with van der Waals surface area (Å²) < 4.78 is 0. The molecule has 0 aromatic heterocycles. The minimum atomic E-state index is 0.559. The van der Waals surface area contributed by atoms with Gasteiger partial charge in [-0.1, -0.05) is 36.8 Å². The van der Waals surface area contributed by atoms with Crippen molar-refractivity contribution >= 4 is 0 Å². The van der Waals surface area contributed by atoms with E-state index in [1.54, 1.807) is 0 Å². The molecule has 2 aliphatic rings. The van der Waals surface area contributed by atoms with Crippen LogP contribution >= 0.6 is 0 Å². The maximum Gasteiger partial charge on any atom is 0.0324 e. The second-order valence-electron chi connectivity index (χ2n) is 5.38. The Bertz CT molecular complexity index is 362. The lowest BCUT2D eigenvalue weighted by molar-refractivity contribution is 0.0951. The third-order valence-corrected chi connectivity index (χ3v) is 4.46. The van der Waals surface area contributed by atoms with Crippen molar-refractivity contribution in [3.63, 3.8) is 0 Å². The molecular weight excluding hydrogens is 208 g/mol. The largest absolute Gasteiger partial charge is 0.311 e. The fourth-order valence-corrected chi connectivity index (χ4v) is 3.52. The Hall–Kier alpha value is -0.860. The van der Waals surface area contributed by atoms with Crippen molar-refractivity contribution in [3.05, 3.63) is 35.9 Å². The highest BCUT2D eigenvalue weighted by molar-refractivity contribution is 5.19. The minimum absolute atomic E-state index is 0.559. The van der Waals surface area contributed by atoms with E-state index in [2.05, 4.69) is 47.5 Å². The van der Waals surface area contributed by atoms with E-state index in [0.29, 0.717) is 6.04 Å². The molecule has 0 unspecified atom stereocenters. The van der Waals surface area contributed by atoms with Crippen LogP contribution in [-0.2, 0) is 0 Å². The van der Waals surface area contributed by atoms with Gasteiger partial charge < -0.3 is 5.32 Å². The molecule has 92 valence electrons. The molecule has 3 atom stereocenters. The molecule has 0 spiro atoms. The Morgan fingerprint density at radius 3 is 2.88 bits per heavy atom. The normalized spacial score (nSPS) is 31.1. The molecule has 1 aliphatic carbocycles. The van der Waals surface area contributed by atoms with Gasteiger partial charge in [0.2, 0.25) is 0 Å². The van der Waals surface area contributed by atoms with Crippen LogP contribution in [0.3, 0.4) is 0 Å². The molecule has 0 bridgehead atoms. The van der Waals surface area contributed by atoms with E-state index >= 15 is 0 Å². The first-order valence-corrected chi connectivity index (χ1v) is 6.90.